The van der Waals surface area contributed by atoms with E-state index in [2.05, 4.69) is 104 Å². The van der Waals surface area contributed by atoms with Gasteiger partial charge in [0.1, 0.15) is 0 Å². The molecule has 1 aliphatic rings. The number of aromatic nitrogens is 1. The Kier molecular flexibility index (Phi) is 9.48. The molecule has 2 N–H and O–H groups in total. The van der Waals surface area contributed by atoms with Crippen molar-refractivity contribution in [1.82, 2.24) is 15.5 Å². The molecule has 5 rings (SSSR count). The molecule has 0 bridgehead atoms. The minimum Gasteiger partial charge on any atom is -0.308 e. The van der Waals surface area contributed by atoms with E-state index in [4.69, 9.17) is 0 Å². The van der Waals surface area contributed by atoms with Crippen LogP contribution in [-0.4, -0.2) is 16.3 Å². The number of hydrazine groups is 1. The average Bonchev–Trinajstić information content (AvgIpc) is 3.02. The molecule has 1 unspecified atom stereocenters. The first-order valence-corrected chi connectivity index (χ1v) is 15.1. The van der Waals surface area contributed by atoms with Crippen LogP contribution in [0, 0.1) is 6.92 Å². The molecule has 0 saturated heterocycles. The number of hydrogen-bond donors (Lipinski definition) is 2. The summed E-state index contributed by atoms with van der Waals surface area (Å²) in [4.78, 5) is 14.0. The van der Waals surface area contributed by atoms with Crippen molar-refractivity contribution in [2.45, 2.75) is 78.3 Å². The first-order chi connectivity index (χ1) is 20.1. The maximum Gasteiger partial charge on any atom is 0.254 e. The van der Waals surface area contributed by atoms with Gasteiger partial charge in [0.25, 0.3) is 5.56 Å². The van der Waals surface area contributed by atoms with E-state index in [1.165, 1.54) is 24.0 Å². The molecule has 212 valence electrons. The number of aryl methyl sites for hydroxylation is 2. The number of unbranched alkanes of at least 4 members (excludes halogenated alkanes) is 2. The molecule has 0 fully saturated rings. The third kappa shape index (κ3) is 6.86. The standard InChI is InChI=1S/C36H42N4O/c1-4-6-8-15-30-22-26(3)40(25-28-13-9-7-10-14-28)36(41)34(30)23-27-18-20-29(21-19-27)32-16-11-12-17-33(32)35-24-31(5-2)37-39-38-35/h7,9-14,16-22,31,37,39H,4-6,8,15,23-25H2,1-3H3. The minimum atomic E-state index is 0.136. The third-order valence-corrected chi connectivity index (χ3v) is 8.21. The van der Waals surface area contributed by atoms with E-state index < -0.39 is 0 Å². The fraction of sp³-hybridized carbons (Fsp3) is 0.333. The summed E-state index contributed by atoms with van der Waals surface area (Å²) in [5, 5.41) is 4.57. The Labute approximate surface area is 244 Å². The smallest absolute Gasteiger partial charge is 0.254 e. The largest absolute Gasteiger partial charge is 0.308 e. The molecule has 4 aromatic rings. The van der Waals surface area contributed by atoms with Crippen molar-refractivity contribution in [3.05, 3.63) is 129 Å². The lowest BCUT2D eigenvalue weighted by molar-refractivity contribution is 0.416. The van der Waals surface area contributed by atoms with Crippen LogP contribution in [0.15, 0.2) is 94.8 Å². The molecule has 3 aromatic carbocycles. The van der Waals surface area contributed by atoms with Crippen molar-refractivity contribution in [3.63, 3.8) is 0 Å². The van der Waals surface area contributed by atoms with Gasteiger partial charge in [0.2, 0.25) is 0 Å². The van der Waals surface area contributed by atoms with Gasteiger partial charge in [-0.25, -0.2) is 11.0 Å². The second-order valence-corrected chi connectivity index (χ2v) is 11.2. The van der Waals surface area contributed by atoms with Gasteiger partial charge in [0.05, 0.1) is 12.3 Å². The number of pyridine rings is 1. The summed E-state index contributed by atoms with van der Waals surface area (Å²) in [7, 11) is 0. The van der Waals surface area contributed by atoms with Gasteiger partial charge < -0.3 is 4.57 Å². The zero-order valence-corrected chi connectivity index (χ0v) is 24.6. The molecule has 0 amide bonds. The van der Waals surface area contributed by atoms with E-state index in [9.17, 15) is 4.79 Å². The molecule has 1 aliphatic heterocycles. The molecule has 5 nitrogen and oxygen atoms in total. The van der Waals surface area contributed by atoms with Gasteiger partial charge in [0, 0.05) is 35.7 Å². The van der Waals surface area contributed by atoms with Gasteiger partial charge in [-0.3, -0.25) is 4.79 Å². The molecular formula is C36H42N4O. The number of rotatable bonds is 11. The molecule has 0 aliphatic carbocycles. The highest BCUT2D eigenvalue weighted by Crippen LogP contribution is 2.27. The Morgan fingerprint density at radius 1 is 0.878 bits per heavy atom. The summed E-state index contributed by atoms with van der Waals surface area (Å²) in [5.74, 6) is 0. The number of nitrogens with one attached hydrogen (secondary N) is 2. The van der Waals surface area contributed by atoms with Crippen LogP contribution in [0.3, 0.4) is 0 Å². The van der Waals surface area contributed by atoms with E-state index in [1.807, 2.05) is 22.8 Å². The quantitative estimate of drug-likeness (QED) is 0.196. The first kappa shape index (κ1) is 28.6. The molecule has 2 heterocycles. The van der Waals surface area contributed by atoms with Crippen LogP contribution in [0.1, 0.15) is 79.5 Å². The normalized spacial score (nSPS) is 14.9. The average molecular weight is 547 g/mol. The summed E-state index contributed by atoms with van der Waals surface area (Å²) in [6.45, 7) is 7.07. The van der Waals surface area contributed by atoms with Gasteiger partial charge in [-0.2, -0.15) is 5.10 Å². The zero-order valence-electron chi connectivity index (χ0n) is 24.6. The SMILES string of the molecule is CCCCCc1cc(C)n(Cc2ccccc2)c(=O)c1Cc1ccc(-c2ccccc2C2=NNNC(CC)C2)cc1. The Balaban J connectivity index is 1.44. The van der Waals surface area contributed by atoms with Crippen molar-refractivity contribution in [1.29, 1.82) is 0 Å². The van der Waals surface area contributed by atoms with Gasteiger partial charge in [-0.05, 0) is 60.1 Å². The minimum absolute atomic E-state index is 0.136. The lowest BCUT2D eigenvalue weighted by atomic mass is 9.91. The summed E-state index contributed by atoms with van der Waals surface area (Å²) < 4.78 is 1.94. The lowest BCUT2D eigenvalue weighted by Crippen LogP contribution is -2.43. The van der Waals surface area contributed by atoms with Gasteiger partial charge in [-0.1, -0.05) is 106 Å². The molecule has 0 radical (unpaired) electrons. The van der Waals surface area contributed by atoms with Crippen LogP contribution in [-0.2, 0) is 19.4 Å². The zero-order chi connectivity index (χ0) is 28.6. The number of hydrazone groups is 1. The van der Waals surface area contributed by atoms with Crippen LogP contribution in [0.25, 0.3) is 11.1 Å². The number of hydrogen-bond acceptors (Lipinski definition) is 4. The molecule has 0 spiro atoms. The topological polar surface area (TPSA) is 58.4 Å². The van der Waals surface area contributed by atoms with E-state index in [0.29, 0.717) is 19.0 Å². The lowest BCUT2D eigenvalue weighted by Gasteiger charge is -2.24. The van der Waals surface area contributed by atoms with E-state index in [0.717, 1.165) is 64.9 Å². The molecule has 1 aromatic heterocycles. The van der Waals surface area contributed by atoms with E-state index in [1.54, 1.807) is 0 Å². The fourth-order valence-corrected chi connectivity index (χ4v) is 5.75. The van der Waals surface area contributed by atoms with Crippen LogP contribution in [0.4, 0.5) is 0 Å². The maximum absolute atomic E-state index is 14.0. The molecule has 0 saturated carbocycles. The molecular weight excluding hydrogens is 504 g/mol. The third-order valence-electron chi connectivity index (χ3n) is 8.21. The van der Waals surface area contributed by atoms with Crippen LogP contribution in [0.2, 0.25) is 0 Å². The van der Waals surface area contributed by atoms with Crippen LogP contribution >= 0.6 is 0 Å². The molecule has 1 atom stereocenters. The summed E-state index contributed by atoms with van der Waals surface area (Å²) >= 11 is 0. The monoisotopic (exact) mass is 546 g/mol. The highest BCUT2D eigenvalue weighted by Gasteiger charge is 2.19. The van der Waals surface area contributed by atoms with Crippen LogP contribution in [0.5, 0.6) is 0 Å². The van der Waals surface area contributed by atoms with Crippen molar-refractivity contribution >= 4 is 5.71 Å². The molecule has 41 heavy (non-hydrogen) atoms. The van der Waals surface area contributed by atoms with Gasteiger partial charge in [0.15, 0.2) is 0 Å². The predicted octanol–water partition coefficient (Wildman–Crippen LogP) is 7.18. The highest BCUT2D eigenvalue weighted by atomic mass is 16.1. The highest BCUT2D eigenvalue weighted by molar-refractivity contribution is 6.06. The number of nitrogens with zero attached hydrogens (tertiary/aromatic N) is 2. The fourth-order valence-electron chi connectivity index (χ4n) is 5.75. The summed E-state index contributed by atoms with van der Waals surface area (Å²) in [6, 6.07) is 30.1. The Morgan fingerprint density at radius 2 is 1.61 bits per heavy atom. The van der Waals surface area contributed by atoms with Crippen molar-refractivity contribution in [3.8, 4) is 11.1 Å². The van der Waals surface area contributed by atoms with E-state index in [-0.39, 0.29) is 5.56 Å². The number of benzene rings is 3. The van der Waals surface area contributed by atoms with Crippen molar-refractivity contribution in [2.24, 2.45) is 5.10 Å². The van der Waals surface area contributed by atoms with E-state index >= 15 is 0 Å². The Bertz CT molecular complexity index is 1540. The molecule has 5 heteroatoms. The van der Waals surface area contributed by atoms with Crippen molar-refractivity contribution in [2.75, 3.05) is 0 Å². The Morgan fingerprint density at radius 3 is 2.34 bits per heavy atom. The van der Waals surface area contributed by atoms with Gasteiger partial charge in [-0.15, -0.1) is 0 Å². The predicted molar refractivity (Wildman–Crippen MR) is 170 cm³/mol. The Hall–Kier alpha value is -3.96. The van der Waals surface area contributed by atoms with Gasteiger partial charge >= 0.3 is 0 Å². The second-order valence-electron chi connectivity index (χ2n) is 11.2. The second kappa shape index (κ2) is 13.6. The summed E-state index contributed by atoms with van der Waals surface area (Å²) in [5.41, 5.74) is 16.4. The van der Waals surface area contributed by atoms with Crippen molar-refractivity contribution < 1.29 is 0 Å². The van der Waals surface area contributed by atoms with Crippen LogP contribution < -0.4 is 16.5 Å². The first-order valence-electron chi connectivity index (χ1n) is 15.1. The summed E-state index contributed by atoms with van der Waals surface area (Å²) in [6.07, 6.45) is 6.96. The maximum atomic E-state index is 14.0.